The Morgan fingerprint density at radius 1 is 1.09 bits per heavy atom. The molecule has 178 valence electrons. The predicted octanol–water partition coefficient (Wildman–Crippen LogP) is 4.08. The van der Waals surface area contributed by atoms with Crippen molar-refractivity contribution in [2.24, 2.45) is 0 Å². The van der Waals surface area contributed by atoms with E-state index in [1.165, 1.54) is 42.5 Å². The van der Waals surface area contributed by atoms with Gasteiger partial charge in [0.15, 0.2) is 11.6 Å². The van der Waals surface area contributed by atoms with Crippen LogP contribution >= 0.6 is 0 Å². The van der Waals surface area contributed by atoms with Gasteiger partial charge in [-0.05, 0) is 24.6 Å². The Bertz CT molecular complexity index is 1550. The molecule has 2 N–H and O–H groups in total. The SMILES string of the molecule is CC[C@@H](c1cn(-c2cccc(F)c2F)nn1)n1cc(-c2cc(F)cnc2OC)c2c(N)ncnc21. The number of rotatable bonds is 6. The van der Waals surface area contributed by atoms with Crippen LogP contribution in [0, 0.1) is 17.5 Å². The Morgan fingerprint density at radius 2 is 1.91 bits per heavy atom. The van der Waals surface area contributed by atoms with Crippen molar-refractivity contribution < 1.29 is 17.9 Å². The molecule has 9 nitrogen and oxygen atoms in total. The molecular formula is C23H19F3N8O. The third kappa shape index (κ3) is 3.72. The maximum Gasteiger partial charge on any atom is 0.221 e. The maximum atomic E-state index is 14.3. The standard InChI is InChI=1S/C23H19F3N8O/c1-3-17(16-10-34(32-31-16)18-6-4-5-15(25)20(18)26)33-9-14(19-21(27)29-11-30-22(19)33)13-7-12(24)8-28-23(13)35-2/h4-11,17H,3H2,1-2H3,(H2,27,29,30)/t17-/m0/s1. The summed E-state index contributed by atoms with van der Waals surface area (Å²) in [5.41, 5.74) is 7.96. The smallest absolute Gasteiger partial charge is 0.221 e. The molecule has 0 unspecified atom stereocenters. The highest BCUT2D eigenvalue weighted by molar-refractivity contribution is 6.01. The van der Waals surface area contributed by atoms with Crippen LogP contribution in [0.15, 0.2) is 49.2 Å². The van der Waals surface area contributed by atoms with Gasteiger partial charge in [-0.1, -0.05) is 18.2 Å². The number of nitrogens with zero attached hydrogens (tertiary/aromatic N) is 7. The average molecular weight is 480 g/mol. The van der Waals surface area contributed by atoms with Crippen molar-refractivity contribution in [1.29, 1.82) is 0 Å². The van der Waals surface area contributed by atoms with Crippen LogP contribution in [0.5, 0.6) is 5.88 Å². The van der Waals surface area contributed by atoms with Crippen LogP contribution in [-0.4, -0.2) is 41.6 Å². The molecule has 0 spiro atoms. The molecule has 12 heteroatoms. The lowest BCUT2D eigenvalue weighted by atomic mass is 10.1. The number of pyridine rings is 1. The molecule has 5 rings (SSSR count). The predicted molar refractivity (Wildman–Crippen MR) is 121 cm³/mol. The summed E-state index contributed by atoms with van der Waals surface area (Å²) in [6.07, 6.45) is 6.18. The van der Waals surface area contributed by atoms with Gasteiger partial charge in [-0.3, -0.25) is 0 Å². The van der Waals surface area contributed by atoms with E-state index in [2.05, 4.69) is 25.3 Å². The van der Waals surface area contributed by atoms with Crippen LogP contribution in [0.1, 0.15) is 25.1 Å². The van der Waals surface area contributed by atoms with E-state index < -0.39 is 23.5 Å². The molecule has 0 aliphatic carbocycles. The molecule has 0 radical (unpaired) electrons. The molecule has 4 aromatic heterocycles. The highest BCUT2D eigenvalue weighted by Crippen LogP contribution is 2.39. The number of nitrogen functional groups attached to an aromatic ring is 1. The Kier molecular flexibility index (Phi) is 5.55. The van der Waals surface area contributed by atoms with E-state index in [1.54, 1.807) is 6.20 Å². The summed E-state index contributed by atoms with van der Waals surface area (Å²) < 4.78 is 50.5. The van der Waals surface area contributed by atoms with Gasteiger partial charge in [-0.25, -0.2) is 32.8 Å². The molecule has 0 aliphatic rings. The monoisotopic (exact) mass is 480 g/mol. The Hall–Kier alpha value is -4.48. The second-order valence-electron chi connectivity index (χ2n) is 7.70. The topological polar surface area (TPSA) is 110 Å². The number of halogens is 3. The number of anilines is 1. The van der Waals surface area contributed by atoms with E-state index in [9.17, 15) is 13.2 Å². The van der Waals surface area contributed by atoms with E-state index in [-0.39, 0.29) is 17.4 Å². The lowest BCUT2D eigenvalue weighted by Gasteiger charge is -2.15. The lowest BCUT2D eigenvalue weighted by Crippen LogP contribution is -2.10. The zero-order valence-electron chi connectivity index (χ0n) is 18.7. The minimum absolute atomic E-state index is 0.0706. The molecule has 0 fully saturated rings. The summed E-state index contributed by atoms with van der Waals surface area (Å²) in [6.45, 7) is 1.92. The molecule has 4 heterocycles. The average Bonchev–Trinajstić information content (AvgIpc) is 3.48. The lowest BCUT2D eigenvalue weighted by molar-refractivity contribution is 0.398. The second kappa shape index (κ2) is 8.70. The van der Waals surface area contributed by atoms with Gasteiger partial charge in [0.25, 0.3) is 0 Å². The highest BCUT2D eigenvalue weighted by atomic mass is 19.2. The molecule has 0 aliphatic heterocycles. The minimum Gasteiger partial charge on any atom is -0.481 e. The van der Waals surface area contributed by atoms with Crippen molar-refractivity contribution in [2.75, 3.05) is 12.8 Å². The number of methoxy groups -OCH3 is 1. The fourth-order valence-electron chi connectivity index (χ4n) is 4.10. The Balaban J connectivity index is 1.68. The summed E-state index contributed by atoms with van der Waals surface area (Å²) in [5, 5.41) is 8.68. The highest BCUT2D eigenvalue weighted by Gasteiger charge is 2.25. The van der Waals surface area contributed by atoms with Crippen LogP contribution < -0.4 is 10.5 Å². The van der Waals surface area contributed by atoms with Crippen LogP contribution in [0.25, 0.3) is 27.8 Å². The zero-order chi connectivity index (χ0) is 24.7. The fraction of sp³-hybridized carbons (Fsp3) is 0.174. The molecule has 1 aromatic carbocycles. The van der Waals surface area contributed by atoms with E-state index in [0.29, 0.717) is 34.3 Å². The normalized spacial score (nSPS) is 12.3. The molecule has 1 atom stereocenters. The number of hydrogen-bond donors (Lipinski definition) is 1. The quantitative estimate of drug-likeness (QED) is 0.390. The fourth-order valence-corrected chi connectivity index (χ4v) is 4.10. The van der Waals surface area contributed by atoms with Crippen LogP contribution in [0.2, 0.25) is 0 Å². The van der Waals surface area contributed by atoms with Gasteiger partial charge in [0.2, 0.25) is 5.88 Å². The van der Waals surface area contributed by atoms with Gasteiger partial charge in [0, 0.05) is 17.3 Å². The first-order valence-corrected chi connectivity index (χ1v) is 10.6. The van der Waals surface area contributed by atoms with Gasteiger partial charge in [0.1, 0.15) is 35.0 Å². The Labute approximate surface area is 197 Å². The van der Waals surface area contributed by atoms with Crippen molar-refractivity contribution in [2.45, 2.75) is 19.4 Å². The minimum atomic E-state index is -1.03. The Morgan fingerprint density at radius 3 is 2.69 bits per heavy atom. The van der Waals surface area contributed by atoms with Crippen molar-refractivity contribution in [1.82, 2.24) is 34.5 Å². The molecule has 0 amide bonds. The van der Waals surface area contributed by atoms with E-state index >= 15 is 0 Å². The molecule has 0 bridgehead atoms. The second-order valence-corrected chi connectivity index (χ2v) is 7.70. The van der Waals surface area contributed by atoms with Gasteiger partial charge in [-0.2, -0.15) is 0 Å². The van der Waals surface area contributed by atoms with Crippen molar-refractivity contribution in [3.63, 3.8) is 0 Å². The third-order valence-electron chi connectivity index (χ3n) is 5.69. The summed E-state index contributed by atoms with van der Waals surface area (Å²) >= 11 is 0. The molecular weight excluding hydrogens is 461 g/mol. The first-order valence-electron chi connectivity index (χ1n) is 10.6. The first kappa shape index (κ1) is 22.3. The molecule has 35 heavy (non-hydrogen) atoms. The molecule has 0 saturated carbocycles. The largest absolute Gasteiger partial charge is 0.481 e. The maximum absolute atomic E-state index is 14.3. The summed E-state index contributed by atoms with van der Waals surface area (Å²) in [4.78, 5) is 12.5. The summed E-state index contributed by atoms with van der Waals surface area (Å²) in [5.74, 6) is -2.18. The van der Waals surface area contributed by atoms with Gasteiger partial charge >= 0.3 is 0 Å². The van der Waals surface area contributed by atoms with Gasteiger partial charge in [0.05, 0.1) is 30.9 Å². The van der Waals surface area contributed by atoms with Crippen molar-refractivity contribution in [3.05, 3.63) is 72.3 Å². The third-order valence-corrected chi connectivity index (χ3v) is 5.69. The van der Waals surface area contributed by atoms with Gasteiger partial charge < -0.3 is 15.0 Å². The number of ether oxygens (including phenoxy) is 1. The van der Waals surface area contributed by atoms with Crippen LogP contribution in [-0.2, 0) is 0 Å². The summed E-state index contributed by atoms with van der Waals surface area (Å²) in [6, 6.07) is 4.69. The molecule has 5 aromatic rings. The molecule has 0 saturated heterocycles. The van der Waals surface area contributed by atoms with Gasteiger partial charge in [-0.15, -0.1) is 5.10 Å². The van der Waals surface area contributed by atoms with E-state index in [4.69, 9.17) is 10.5 Å². The van der Waals surface area contributed by atoms with Crippen LogP contribution in [0.4, 0.5) is 19.0 Å². The van der Waals surface area contributed by atoms with Crippen molar-refractivity contribution >= 4 is 16.9 Å². The number of fused-ring (bicyclic) bond motifs is 1. The van der Waals surface area contributed by atoms with Crippen LogP contribution in [0.3, 0.4) is 0 Å². The number of hydrogen-bond acceptors (Lipinski definition) is 7. The zero-order valence-corrected chi connectivity index (χ0v) is 18.7. The number of aromatic nitrogens is 7. The summed E-state index contributed by atoms with van der Waals surface area (Å²) in [7, 11) is 1.43. The first-order chi connectivity index (χ1) is 16.9. The van der Waals surface area contributed by atoms with E-state index in [1.807, 2.05) is 11.5 Å². The van der Waals surface area contributed by atoms with Crippen molar-refractivity contribution in [3.8, 4) is 22.7 Å². The van der Waals surface area contributed by atoms with E-state index in [0.717, 1.165) is 12.3 Å². The number of benzene rings is 1. The number of nitrogens with two attached hydrogens (primary N) is 1.